The number of phenols is 1. The van der Waals surface area contributed by atoms with Crippen LogP contribution in [0.1, 0.15) is 36.5 Å². The Labute approximate surface area is 185 Å². The summed E-state index contributed by atoms with van der Waals surface area (Å²) in [5.74, 6) is 0.669. The van der Waals surface area contributed by atoms with Gasteiger partial charge in [-0.2, -0.15) is 5.10 Å². The van der Waals surface area contributed by atoms with Crippen molar-refractivity contribution in [2.75, 3.05) is 40.8 Å². The third-order valence-electron chi connectivity index (χ3n) is 5.02. The Kier molecular flexibility index (Phi) is 9.49. The number of benzene rings is 2. The van der Waals surface area contributed by atoms with Gasteiger partial charge in [-0.15, -0.1) is 0 Å². The Morgan fingerprint density at radius 1 is 1.13 bits per heavy atom. The number of rotatable bonds is 11. The predicted octanol–water partition coefficient (Wildman–Crippen LogP) is 3.04. The molecule has 0 atom stereocenters. The molecular formula is C24H34N4O3. The van der Waals surface area contributed by atoms with E-state index in [4.69, 9.17) is 4.74 Å². The molecule has 7 nitrogen and oxygen atoms in total. The van der Waals surface area contributed by atoms with E-state index >= 15 is 0 Å². The minimum atomic E-state index is -0.215. The zero-order valence-corrected chi connectivity index (χ0v) is 19.1. The monoisotopic (exact) mass is 426 g/mol. The second-order valence-electron chi connectivity index (χ2n) is 8.06. The summed E-state index contributed by atoms with van der Waals surface area (Å²) in [5.41, 5.74) is 5.59. The highest BCUT2D eigenvalue weighted by molar-refractivity contribution is 5.86. The highest BCUT2D eigenvalue weighted by Crippen LogP contribution is 2.27. The summed E-state index contributed by atoms with van der Waals surface area (Å²) in [6, 6.07) is 13.8. The molecule has 0 fully saturated rings. The number of hydrogen-bond donors (Lipinski definition) is 2. The van der Waals surface area contributed by atoms with Gasteiger partial charge in [0, 0.05) is 25.2 Å². The van der Waals surface area contributed by atoms with Gasteiger partial charge >= 0.3 is 0 Å². The van der Waals surface area contributed by atoms with Gasteiger partial charge in [0.15, 0.2) is 11.5 Å². The van der Waals surface area contributed by atoms with Crippen molar-refractivity contribution in [1.29, 1.82) is 0 Å². The molecule has 0 heterocycles. The maximum absolute atomic E-state index is 12.1. The van der Waals surface area contributed by atoms with E-state index in [0.717, 1.165) is 19.6 Å². The van der Waals surface area contributed by atoms with Gasteiger partial charge in [-0.3, -0.25) is 9.69 Å². The summed E-state index contributed by atoms with van der Waals surface area (Å²) in [4.78, 5) is 16.3. The molecule has 0 aliphatic heterocycles. The molecule has 0 radical (unpaired) electrons. The lowest BCUT2D eigenvalue weighted by Gasteiger charge is -2.21. The van der Waals surface area contributed by atoms with Crippen LogP contribution in [0.3, 0.4) is 0 Å². The van der Waals surface area contributed by atoms with E-state index < -0.39 is 0 Å². The number of amides is 1. The molecule has 2 aromatic rings. The van der Waals surface area contributed by atoms with Crippen molar-refractivity contribution < 1.29 is 14.6 Å². The molecule has 0 aromatic heterocycles. The second-order valence-corrected chi connectivity index (χ2v) is 8.06. The summed E-state index contributed by atoms with van der Waals surface area (Å²) in [6.45, 7) is 7.10. The molecule has 31 heavy (non-hydrogen) atoms. The van der Waals surface area contributed by atoms with Crippen LogP contribution in [-0.2, 0) is 11.3 Å². The number of ether oxygens (including phenoxy) is 1. The standard InChI is InChI=1S/C24H34N4O3/c1-18(2)20-11-9-19(10-12-20)16-27(3)13-14-28(4)17-23(29)26-25-15-21-7-6-8-22(31-5)24(21)30/h6-12,15,18,30H,13-14,16-17H2,1-5H3,(H,26,29). The molecule has 7 heteroatoms. The van der Waals surface area contributed by atoms with Gasteiger partial charge in [0.2, 0.25) is 0 Å². The fourth-order valence-corrected chi connectivity index (χ4v) is 3.08. The third-order valence-corrected chi connectivity index (χ3v) is 5.02. The molecule has 168 valence electrons. The Hall–Kier alpha value is -2.90. The summed E-state index contributed by atoms with van der Waals surface area (Å²) in [7, 11) is 5.46. The Morgan fingerprint density at radius 2 is 1.81 bits per heavy atom. The molecule has 0 aliphatic carbocycles. The Bertz CT molecular complexity index is 866. The summed E-state index contributed by atoms with van der Waals surface area (Å²) in [6.07, 6.45) is 1.40. The van der Waals surface area contributed by atoms with E-state index in [9.17, 15) is 9.90 Å². The van der Waals surface area contributed by atoms with E-state index in [1.807, 2.05) is 11.9 Å². The topological polar surface area (TPSA) is 77.4 Å². The quantitative estimate of drug-likeness (QED) is 0.427. The second kappa shape index (κ2) is 12.1. The molecule has 0 aliphatic rings. The van der Waals surface area contributed by atoms with Crippen LogP contribution < -0.4 is 10.2 Å². The predicted molar refractivity (Wildman–Crippen MR) is 125 cm³/mol. The van der Waals surface area contributed by atoms with E-state index in [0.29, 0.717) is 17.2 Å². The first-order valence-corrected chi connectivity index (χ1v) is 10.4. The molecule has 0 saturated heterocycles. The third kappa shape index (κ3) is 8.03. The number of carbonyl (C=O) groups is 1. The van der Waals surface area contributed by atoms with Crippen LogP contribution in [-0.4, -0.2) is 67.9 Å². The molecule has 0 unspecified atom stereocenters. The maximum atomic E-state index is 12.1. The van der Waals surface area contributed by atoms with E-state index in [1.54, 1.807) is 18.2 Å². The van der Waals surface area contributed by atoms with E-state index in [-0.39, 0.29) is 18.2 Å². The lowest BCUT2D eigenvalue weighted by molar-refractivity contribution is -0.121. The number of nitrogens with one attached hydrogen (secondary N) is 1. The molecular weight excluding hydrogens is 392 g/mol. The lowest BCUT2D eigenvalue weighted by atomic mass is 10.0. The minimum absolute atomic E-state index is 0.0120. The van der Waals surface area contributed by atoms with Crippen molar-refractivity contribution in [3.8, 4) is 11.5 Å². The zero-order chi connectivity index (χ0) is 22.8. The first-order valence-electron chi connectivity index (χ1n) is 10.4. The van der Waals surface area contributed by atoms with Crippen LogP contribution in [0.2, 0.25) is 0 Å². The van der Waals surface area contributed by atoms with Gasteiger partial charge in [0.1, 0.15) is 0 Å². The normalized spacial score (nSPS) is 11.6. The Morgan fingerprint density at radius 3 is 2.45 bits per heavy atom. The molecule has 2 rings (SSSR count). The van der Waals surface area contributed by atoms with Crippen LogP contribution >= 0.6 is 0 Å². The molecule has 0 bridgehead atoms. The number of hydrazone groups is 1. The van der Waals surface area contributed by atoms with Crippen LogP contribution in [0.25, 0.3) is 0 Å². The average Bonchev–Trinajstić information content (AvgIpc) is 2.74. The van der Waals surface area contributed by atoms with Crippen molar-refractivity contribution in [2.45, 2.75) is 26.3 Å². The van der Waals surface area contributed by atoms with E-state index in [1.165, 1.54) is 24.5 Å². The largest absolute Gasteiger partial charge is 0.504 e. The molecule has 2 N–H and O–H groups in total. The highest BCUT2D eigenvalue weighted by atomic mass is 16.5. The first kappa shape index (κ1) is 24.4. The van der Waals surface area contributed by atoms with Gasteiger partial charge in [-0.25, -0.2) is 5.43 Å². The van der Waals surface area contributed by atoms with Crippen LogP contribution in [0.4, 0.5) is 0 Å². The number of methoxy groups -OCH3 is 1. The summed E-state index contributed by atoms with van der Waals surface area (Å²) in [5, 5.41) is 13.9. The zero-order valence-electron chi connectivity index (χ0n) is 19.1. The Balaban J connectivity index is 1.72. The van der Waals surface area contributed by atoms with Crippen molar-refractivity contribution in [3.05, 3.63) is 59.2 Å². The molecule has 0 saturated carbocycles. The van der Waals surface area contributed by atoms with Crippen molar-refractivity contribution in [3.63, 3.8) is 0 Å². The fourth-order valence-electron chi connectivity index (χ4n) is 3.08. The number of aromatic hydroxyl groups is 1. The number of para-hydroxylation sites is 1. The average molecular weight is 427 g/mol. The van der Waals surface area contributed by atoms with Gasteiger partial charge in [0.25, 0.3) is 5.91 Å². The van der Waals surface area contributed by atoms with E-state index in [2.05, 4.69) is 60.6 Å². The van der Waals surface area contributed by atoms with Gasteiger partial charge < -0.3 is 14.7 Å². The van der Waals surface area contributed by atoms with Crippen molar-refractivity contribution in [2.24, 2.45) is 5.10 Å². The van der Waals surface area contributed by atoms with Crippen molar-refractivity contribution in [1.82, 2.24) is 15.2 Å². The SMILES string of the molecule is COc1cccc(C=NNC(=O)CN(C)CCN(C)Cc2ccc(C(C)C)cc2)c1O. The summed E-state index contributed by atoms with van der Waals surface area (Å²) >= 11 is 0. The minimum Gasteiger partial charge on any atom is -0.504 e. The first-order chi connectivity index (χ1) is 14.8. The van der Waals surface area contributed by atoms with Gasteiger partial charge in [0.05, 0.1) is 19.9 Å². The number of phenolic OH excluding ortho intramolecular Hbond substituents is 1. The fraction of sp³-hybridized carbons (Fsp3) is 0.417. The van der Waals surface area contributed by atoms with Crippen molar-refractivity contribution >= 4 is 12.1 Å². The molecule has 1 amide bonds. The summed E-state index contributed by atoms with van der Waals surface area (Å²) < 4.78 is 5.05. The number of likely N-dealkylation sites (N-methyl/N-ethyl adjacent to an activating group) is 2. The maximum Gasteiger partial charge on any atom is 0.254 e. The van der Waals surface area contributed by atoms with Gasteiger partial charge in [-0.05, 0) is 43.3 Å². The number of nitrogens with zero attached hydrogens (tertiary/aromatic N) is 3. The lowest BCUT2D eigenvalue weighted by Crippen LogP contribution is -2.37. The molecule has 2 aromatic carbocycles. The molecule has 0 spiro atoms. The number of carbonyl (C=O) groups excluding carboxylic acids is 1. The van der Waals surface area contributed by atoms with Crippen LogP contribution in [0.5, 0.6) is 11.5 Å². The smallest absolute Gasteiger partial charge is 0.254 e. The highest BCUT2D eigenvalue weighted by Gasteiger charge is 2.09. The van der Waals surface area contributed by atoms with Gasteiger partial charge in [-0.1, -0.05) is 44.2 Å². The van der Waals surface area contributed by atoms with Crippen LogP contribution in [0, 0.1) is 0 Å². The van der Waals surface area contributed by atoms with Crippen LogP contribution in [0.15, 0.2) is 47.6 Å². The number of hydrogen-bond acceptors (Lipinski definition) is 6.